The van der Waals surface area contributed by atoms with Crippen LogP contribution in [0.25, 0.3) is 88.7 Å². The summed E-state index contributed by atoms with van der Waals surface area (Å²) in [5.41, 5.74) is 19.9. The first-order chi connectivity index (χ1) is 32.7. The van der Waals surface area contributed by atoms with Gasteiger partial charge in [-0.05, 0) is 110 Å². The van der Waals surface area contributed by atoms with E-state index >= 15 is 0 Å². The Morgan fingerprint density at radius 2 is 0.758 bits per heavy atom. The predicted octanol–water partition coefficient (Wildman–Crippen LogP) is 15.8. The molecule has 3 nitrogen and oxygen atoms in total. The van der Waals surface area contributed by atoms with Gasteiger partial charge in [0.2, 0.25) is 0 Å². The van der Waals surface area contributed by atoms with Crippen LogP contribution < -0.4 is 0 Å². The standard InChI is InChI=1S/C63H47N3/c1-4-13-48(14-5-1)49-29-31-50(32-30-49)56-21-12-22-60-59(56)34-33-53-40-55(43-66-63(53)60)58-20-11-10-19-57(58)54-38-46(25-23-44-27-35-61(64-41-44)51-15-6-2-7-16-51)37-47(39-54)26-24-45-28-36-62(65-42-45)52-17-8-3-9-18-52/h1-22,27-43H,23-26H2. The number of nitrogens with zero attached hydrogens (tertiary/aromatic N) is 3. The van der Waals surface area contributed by atoms with E-state index in [9.17, 15) is 0 Å². The lowest BCUT2D eigenvalue weighted by atomic mass is 9.90. The lowest BCUT2D eigenvalue weighted by Gasteiger charge is -2.15. The van der Waals surface area contributed by atoms with Crippen molar-refractivity contribution >= 4 is 21.7 Å². The highest BCUT2D eigenvalue weighted by Gasteiger charge is 2.14. The minimum absolute atomic E-state index is 0.904. The van der Waals surface area contributed by atoms with Crippen LogP contribution in [0.4, 0.5) is 0 Å². The molecular weight excluding hydrogens is 799 g/mol. The molecule has 0 fully saturated rings. The van der Waals surface area contributed by atoms with E-state index < -0.39 is 0 Å². The summed E-state index contributed by atoms with van der Waals surface area (Å²) in [7, 11) is 0. The normalized spacial score (nSPS) is 11.3. The van der Waals surface area contributed by atoms with Crippen molar-refractivity contribution in [2.45, 2.75) is 25.7 Å². The SMILES string of the molecule is c1ccc(-c2ccc(-c3cccc4c3ccc3cc(-c5ccccc5-c5cc(CCc6ccc(-c7ccccc7)nc6)cc(CCc6ccc(-c7ccccc7)nc6)c5)cnc34)cc2)cc1. The van der Waals surface area contributed by atoms with Gasteiger partial charge in [-0.25, -0.2) is 0 Å². The quantitative estimate of drug-likeness (QED) is 0.115. The van der Waals surface area contributed by atoms with Gasteiger partial charge in [-0.1, -0.05) is 200 Å². The maximum Gasteiger partial charge on any atom is 0.0780 e. The number of aromatic nitrogens is 3. The Labute approximate surface area is 386 Å². The van der Waals surface area contributed by atoms with E-state index in [2.05, 4.69) is 212 Å². The molecule has 0 atom stereocenters. The van der Waals surface area contributed by atoms with Crippen LogP contribution in [-0.4, -0.2) is 15.0 Å². The molecule has 0 spiro atoms. The first kappa shape index (κ1) is 40.5. The molecule has 3 heterocycles. The Bertz CT molecular complexity index is 3310. The van der Waals surface area contributed by atoms with Crippen LogP contribution in [0, 0.1) is 0 Å². The first-order valence-corrected chi connectivity index (χ1v) is 22.9. The van der Waals surface area contributed by atoms with Gasteiger partial charge >= 0.3 is 0 Å². The summed E-state index contributed by atoms with van der Waals surface area (Å²) in [5, 5.41) is 3.48. The summed E-state index contributed by atoms with van der Waals surface area (Å²) in [4.78, 5) is 14.9. The highest BCUT2D eigenvalue weighted by atomic mass is 14.7. The molecule has 314 valence electrons. The molecule has 0 N–H and O–H groups in total. The van der Waals surface area contributed by atoms with Gasteiger partial charge in [0.1, 0.15) is 0 Å². The van der Waals surface area contributed by atoms with Gasteiger partial charge in [-0.2, -0.15) is 0 Å². The van der Waals surface area contributed by atoms with Crippen molar-refractivity contribution in [3.63, 3.8) is 0 Å². The molecule has 3 heteroatoms. The summed E-state index contributed by atoms with van der Waals surface area (Å²) in [5.74, 6) is 0. The first-order valence-electron chi connectivity index (χ1n) is 22.9. The highest BCUT2D eigenvalue weighted by Crippen LogP contribution is 2.38. The molecule has 0 radical (unpaired) electrons. The zero-order chi connectivity index (χ0) is 44.1. The van der Waals surface area contributed by atoms with E-state index in [1.165, 1.54) is 66.6 Å². The van der Waals surface area contributed by atoms with E-state index in [1.54, 1.807) is 0 Å². The van der Waals surface area contributed by atoms with Crippen molar-refractivity contribution in [2.75, 3.05) is 0 Å². The topological polar surface area (TPSA) is 38.7 Å². The average molecular weight is 846 g/mol. The average Bonchev–Trinajstić information content (AvgIpc) is 3.40. The molecule has 0 saturated carbocycles. The van der Waals surface area contributed by atoms with Crippen molar-refractivity contribution in [2.24, 2.45) is 0 Å². The van der Waals surface area contributed by atoms with Gasteiger partial charge < -0.3 is 0 Å². The van der Waals surface area contributed by atoms with E-state index in [0.29, 0.717) is 0 Å². The van der Waals surface area contributed by atoms with Gasteiger partial charge in [0, 0.05) is 46.1 Å². The number of pyridine rings is 3. The van der Waals surface area contributed by atoms with Crippen LogP contribution in [0.5, 0.6) is 0 Å². The van der Waals surface area contributed by atoms with Crippen molar-refractivity contribution in [1.29, 1.82) is 0 Å². The number of fused-ring (bicyclic) bond motifs is 3. The molecule has 11 rings (SSSR count). The Kier molecular flexibility index (Phi) is 11.3. The van der Waals surface area contributed by atoms with Gasteiger partial charge in [0.25, 0.3) is 0 Å². The van der Waals surface area contributed by atoms with Crippen LogP contribution in [0.1, 0.15) is 22.3 Å². The lowest BCUT2D eigenvalue weighted by molar-refractivity contribution is 0.923. The summed E-state index contributed by atoms with van der Waals surface area (Å²) in [6.07, 6.45) is 9.76. The fraction of sp³-hybridized carbons (Fsp3) is 0.0635. The van der Waals surface area contributed by atoms with E-state index in [-0.39, 0.29) is 0 Å². The molecule has 8 aromatic carbocycles. The van der Waals surface area contributed by atoms with Crippen molar-refractivity contribution in [3.8, 4) is 67.0 Å². The number of hydrogen-bond donors (Lipinski definition) is 0. The summed E-state index contributed by atoms with van der Waals surface area (Å²) >= 11 is 0. The third-order valence-corrected chi connectivity index (χ3v) is 12.8. The second-order valence-electron chi connectivity index (χ2n) is 17.1. The Balaban J connectivity index is 0.903. The highest BCUT2D eigenvalue weighted by molar-refractivity contribution is 6.11. The third-order valence-electron chi connectivity index (χ3n) is 12.8. The Morgan fingerprint density at radius 1 is 0.258 bits per heavy atom. The fourth-order valence-electron chi connectivity index (χ4n) is 9.30. The van der Waals surface area contributed by atoms with Crippen LogP contribution >= 0.6 is 0 Å². The molecule has 66 heavy (non-hydrogen) atoms. The minimum atomic E-state index is 0.904. The Morgan fingerprint density at radius 3 is 1.33 bits per heavy atom. The maximum atomic E-state index is 5.21. The largest absolute Gasteiger partial charge is 0.256 e. The predicted molar refractivity (Wildman–Crippen MR) is 275 cm³/mol. The second-order valence-corrected chi connectivity index (χ2v) is 17.1. The van der Waals surface area contributed by atoms with Crippen molar-refractivity contribution in [1.82, 2.24) is 15.0 Å². The molecule has 0 aliphatic rings. The van der Waals surface area contributed by atoms with Gasteiger partial charge in [0.15, 0.2) is 0 Å². The molecule has 0 saturated heterocycles. The van der Waals surface area contributed by atoms with Crippen molar-refractivity contribution in [3.05, 3.63) is 259 Å². The molecular formula is C63H47N3. The summed E-state index contributed by atoms with van der Waals surface area (Å²) in [6, 6.07) is 78.3. The summed E-state index contributed by atoms with van der Waals surface area (Å²) < 4.78 is 0. The monoisotopic (exact) mass is 845 g/mol. The molecule has 0 unspecified atom stereocenters. The van der Waals surface area contributed by atoms with E-state index in [4.69, 9.17) is 15.0 Å². The molecule has 3 aromatic heterocycles. The fourth-order valence-corrected chi connectivity index (χ4v) is 9.30. The zero-order valence-electron chi connectivity index (χ0n) is 36.7. The number of aryl methyl sites for hydroxylation is 4. The maximum absolute atomic E-state index is 5.21. The van der Waals surface area contributed by atoms with Crippen LogP contribution in [0.3, 0.4) is 0 Å². The number of rotatable bonds is 12. The lowest BCUT2D eigenvalue weighted by Crippen LogP contribution is -1.99. The van der Waals surface area contributed by atoms with Crippen LogP contribution in [-0.2, 0) is 25.7 Å². The van der Waals surface area contributed by atoms with Crippen molar-refractivity contribution < 1.29 is 0 Å². The zero-order valence-corrected chi connectivity index (χ0v) is 36.7. The molecule has 11 aromatic rings. The van der Waals surface area contributed by atoms with Gasteiger partial charge in [-0.15, -0.1) is 0 Å². The molecule has 0 aliphatic carbocycles. The van der Waals surface area contributed by atoms with Crippen LogP contribution in [0.15, 0.2) is 237 Å². The van der Waals surface area contributed by atoms with E-state index in [1.807, 2.05) is 24.5 Å². The number of hydrogen-bond acceptors (Lipinski definition) is 3. The number of benzene rings is 8. The molecule has 0 amide bonds. The second kappa shape index (κ2) is 18.4. The summed E-state index contributed by atoms with van der Waals surface area (Å²) in [6.45, 7) is 0. The smallest absolute Gasteiger partial charge is 0.0780 e. The van der Waals surface area contributed by atoms with Crippen LogP contribution in [0.2, 0.25) is 0 Å². The van der Waals surface area contributed by atoms with E-state index in [0.717, 1.165) is 70.1 Å². The van der Waals surface area contributed by atoms with Gasteiger partial charge in [-0.3, -0.25) is 15.0 Å². The van der Waals surface area contributed by atoms with Gasteiger partial charge in [0.05, 0.1) is 16.9 Å². The Hall–Kier alpha value is -8.27. The third kappa shape index (κ3) is 8.67. The molecule has 0 aliphatic heterocycles. The minimum Gasteiger partial charge on any atom is -0.256 e. The molecule has 0 bridgehead atoms.